The van der Waals surface area contributed by atoms with Gasteiger partial charge in [-0.2, -0.15) is 0 Å². The van der Waals surface area contributed by atoms with E-state index in [0.29, 0.717) is 0 Å². The van der Waals surface area contributed by atoms with Crippen molar-refractivity contribution in [2.24, 2.45) is 0 Å². The number of para-hydroxylation sites is 13. The van der Waals surface area contributed by atoms with Gasteiger partial charge in [0.15, 0.2) is 0 Å². The number of hydrogen-bond donors (Lipinski definition) is 0. The summed E-state index contributed by atoms with van der Waals surface area (Å²) in [7, 11) is 0. The van der Waals surface area contributed by atoms with Gasteiger partial charge in [0, 0.05) is 33.1 Å². The first kappa shape index (κ1) is 53.5. The fraction of sp³-hybridized carbons (Fsp3) is 0. The molecule has 0 saturated carbocycles. The number of fused-ring (bicyclic) bond motifs is 18. The average molecular weight is 1220 g/mol. The SMILES string of the molecule is c1ccc(-n2c3ccccc3c3ccccc32)c(-n2nc3ccc4ccccc4c3n2)c1.c1ccc(-n2c3ccccc3n3c4ccccc4nc23)c(-n2nc3ccc4ccccc4c3n2)c1.c1ccc(-n2ccc3ccccc32)c(-n2nc3ccc4ccccc4c3n2)c1. The van der Waals surface area contributed by atoms with Crippen molar-refractivity contribution in [1.29, 1.82) is 0 Å². The lowest BCUT2D eigenvalue weighted by Crippen LogP contribution is -2.06. The van der Waals surface area contributed by atoms with E-state index in [4.69, 9.17) is 35.6 Å². The first-order valence-electron chi connectivity index (χ1n) is 31.6. The molecule has 14 aromatic carbocycles. The second-order valence-corrected chi connectivity index (χ2v) is 23.6. The molecule has 0 N–H and O–H groups in total. The van der Waals surface area contributed by atoms with Gasteiger partial charge in [-0.25, -0.2) is 4.98 Å². The molecule has 0 atom stereocenters. The summed E-state index contributed by atoms with van der Waals surface area (Å²) >= 11 is 0. The lowest BCUT2D eigenvalue weighted by Gasteiger charge is -2.12. The average Bonchev–Trinajstić information content (AvgIpc) is 1.57. The van der Waals surface area contributed by atoms with Crippen LogP contribution >= 0.6 is 0 Å². The number of aromatic nitrogens is 14. The van der Waals surface area contributed by atoms with Crippen molar-refractivity contribution in [2.45, 2.75) is 0 Å². The highest BCUT2D eigenvalue weighted by atomic mass is 15.5. The van der Waals surface area contributed by atoms with Gasteiger partial charge in [0.1, 0.15) is 50.2 Å². The fourth-order valence-corrected chi connectivity index (χ4v) is 13.8. The van der Waals surface area contributed by atoms with Gasteiger partial charge < -0.3 is 9.13 Å². The van der Waals surface area contributed by atoms with E-state index in [1.165, 1.54) is 38.0 Å². The maximum atomic E-state index is 5.02. The van der Waals surface area contributed by atoms with Crippen molar-refractivity contribution in [3.8, 4) is 34.1 Å². The van der Waals surface area contributed by atoms with Crippen molar-refractivity contribution >= 4 is 126 Å². The van der Waals surface area contributed by atoms with Crippen LogP contribution in [0.2, 0.25) is 0 Å². The second-order valence-electron chi connectivity index (χ2n) is 23.6. The maximum absolute atomic E-state index is 5.02. The third-order valence-electron chi connectivity index (χ3n) is 18.1. The van der Waals surface area contributed by atoms with Crippen LogP contribution in [-0.4, -0.2) is 68.1 Å². The molecule has 0 aliphatic rings. The summed E-state index contributed by atoms with van der Waals surface area (Å²) < 4.78 is 8.93. The summed E-state index contributed by atoms with van der Waals surface area (Å²) in [6, 6.07) is 106. The topological polar surface area (TPSA) is 124 Å². The van der Waals surface area contributed by atoms with Crippen LogP contribution in [0.25, 0.3) is 160 Å². The molecule has 7 aromatic heterocycles. The molecular formula is C81H52N14. The molecule has 21 rings (SSSR count). The van der Waals surface area contributed by atoms with Crippen LogP contribution in [-0.2, 0) is 0 Å². The molecule has 7 heterocycles. The number of nitrogens with zero attached hydrogens (tertiary/aromatic N) is 14. The molecule has 0 amide bonds. The van der Waals surface area contributed by atoms with Crippen molar-refractivity contribution in [3.63, 3.8) is 0 Å². The first-order valence-corrected chi connectivity index (χ1v) is 31.6. The Hall–Kier alpha value is -13.3. The molecule has 0 radical (unpaired) electrons. The summed E-state index contributed by atoms with van der Waals surface area (Å²) in [5.74, 6) is 0.863. The monoisotopic (exact) mass is 1220 g/mol. The second kappa shape index (κ2) is 21.7. The third-order valence-corrected chi connectivity index (χ3v) is 18.1. The Labute approximate surface area is 540 Å². The quantitative estimate of drug-likeness (QED) is 0.162. The molecule has 446 valence electrons. The lowest BCUT2D eigenvalue weighted by molar-refractivity contribution is 0.760. The smallest absolute Gasteiger partial charge is 0.220 e. The van der Waals surface area contributed by atoms with Crippen LogP contribution in [0.3, 0.4) is 0 Å². The van der Waals surface area contributed by atoms with E-state index in [1.807, 2.05) is 84.9 Å². The van der Waals surface area contributed by atoms with Gasteiger partial charge in [-0.3, -0.25) is 8.97 Å². The Kier molecular flexibility index (Phi) is 12.2. The molecule has 0 bridgehead atoms. The van der Waals surface area contributed by atoms with Gasteiger partial charge >= 0.3 is 0 Å². The minimum absolute atomic E-state index is 0.863. The normalized spacial score (nSPS) is 11.8. The number of hydrogen-bond acceptors (Lipinski definition) is 7. The minimum atomic E-state index is 0.863. The van der Waals surface area contributed by atoms with E-state index in [0.717, 1.165) is 122 Å². The zero-order chi connectivity index (χ0) is 62.5. The summed E-state index contributed by atoms with van der Waals surface area (Å²) in [4.78, 5) is 10.3. The molecule has 14 nitrogen and oxygen atoms in total. The Morgan fingerprint density at radius 3 is 1.07 bits per heavy atom. The Bertz CT molecular complexity index is 6540. The lowest BCUT2D eigenvalue weighted by atomic mass is 10.1. The van der Waals surface area contributed by atoms with Crippen LogP contribution in [0.15, 0.2) is 316 Å². The van der Waals surface area contributed by atoms with E-state index in [1.54, 1.807) is 14.4 Å². The van der Waals surface area contributed by atoms with Crippen molar-refractivity contribution in [3.05, 3.63) is 316 Å². The van der Waals surface area contributed by atoms with Crippen LogP contribution in [0.1, 0.15) is 0 Å². The van der Waals surface area contributed by atoms with Crippen molar-refractivity contribution in [1.82, 2.24) is 68.1 Å². The van der Waals surface area contributed by atoms with E-state index >= 15 is 0 Å². The molecule has 0 saturated heterocycles. The van der Waals surface area contributed by atoms with Crippen LogP contribution in [0.5, 0.6) is 0 Å². The van der Waals surface area contributed by atoms with Crippen molar-refractivity contribution < 1.29 is 0 Å². The highest BCUT2D eigenvalue weighted by Crippen LogP contribution is 2.37. The van der Waals surface area contributed by atoms with Crippen LogP contribution in [0, 0.1) is 0 Å². The summed E-state index contributed by atoms with van der Waals surface area (Å²) in [5, 5.41) is 39.8. The summed E-state index contributed by atoms with van der Waals surface area (Å²) in [5.41, 5.74) is 19.0. The number of imidazole rings is 2. The zero-order valence-corrected chi connectivity index (χ0v) is 50.8. The van der Waals surface area contributed by atoms with Gasteiger partial charge in [-0.05, 0) is 125 Å². The molecule has 0 spiro atoms. The van der Waals surface area contributed by atoms with Gasteiger partial charge in [0.2, 0.25) is 5.78 Å². The predicted molar refractivity (Wildman–Crippen MR) is 383 cm³/mol. The van der Waals surface area contributed by atoms with Crippen LogP contribution < -0.4 is 0 Å². The van der Waals surface area contributed by atoms with Gasteiger partial charge in [-0.1, -0.05) is 206 Å². The first-order chi connectivity index (χ1) is 47.1. The molecule has 0 unspecified atom stereocenters. The fourth-order valence-electron chi connectivity index (χ4n) is 13.8. The standard InChI is InChI=1S/C29H18N6.C28H18N4.C24H16N4/c1-2-10-20-19(9-1)17-18-22-28(20)32-35(31-22)27-16-8-7-15-26(27)34-25-14-6-5-13-24(25)33-23-12-4-3-11-21(23)30-29(33)34;1-2-10-20-19(9-1)17-18-23-28(20)30-32(29-23)27-16-8-7-15-26(27)31-24-13-5-3-11-21(24)22-12-4-6-14-25(22)31;1-3-9-19-17(7-1)13-14-20-24(19)26-28(25-20)23-12-6-5-11-22(23)27-16-15-18-8-2-4-10-21(18)27/h1-18H;1-18H;1-16H. The van der Waals surface area contributed by atoms with E-state index in [2.05, 4.69) is 249 Å². The molecule has 14 heteroatoms. The van der Waals surface area contributed by atoms with Crippen molar-refractivity contribution in [2.75, 3.05) is 0 Å². The molecule has 95 heavy (non-hydrogen) atoms. The van der Waals surface area contributed by atoms with Crippen LogP contribution in [0.4, 0.5) is 0 Å². The Balaban J connectivity index is 0.000000101. The van der Waals surface area contributed by atoms with Gasteiger partial charge in [0.05, 0.1) is 55.7 Å². The Morgan fingerprint density at radius 1 is 0.211 bits per heavy atom. The zero-order valence-electron chi connectivity index (χ0n) is 50.8. The van der Waals surface area contributed by atoms with Gasteiger partial charge in [0.25, 0.3) is 0 Å². The highest BCUT2D eigenvalue weighted by Gasteiger charge is 2.22. The molecule has 0 aliphatic carbocycles. The molecule has 21 aromatic rings. The van der Waals surface area contributed by atoms with Gasteiger partial charge in [-0.15, -0.1) is 45.0 Å². The summed E-state index contributed by atoms with van der Waals surface area (Å²) in [6.07, 6.45) is 2.10. The van der Waals surface area contributed by atoms with E-state index < -0.39 is 0 Å². The number of rotatable bonds is 6. The molecular weight excluding hydrogens is 1170 g/mol. The number of benzene rings is 14. The highest BCUT2D eigenvalue weighted by molar-refractivity contribution is 6.10. The minimum Gasteiger partial charge on any atom is -0.314 e. The third kappa shape index (κ3) is 8.69. The molecule has 0 aliphatic heterocycles. The maximum Gasteiger partial charge on any atom is 0.220 e. The summed E-state index contributed by atoms with van der Waals surface area (Å²) in [6.45, 7) is 0. The van der Waals surface area contributed by atoms with E-state index in [9.17, 15) is 0 Å². The van der Waals surface area contributed by atoms with E-state index in [-0.39, 0.29) is 0 Å². The molecule has 0 fully saturated rings. The largest absolute Gasteiger partial charge is 0.314 e. The predicted octanol–water partition coefficient (Wildman–Crippen LogP) is 18.5. The Morgan fingerprint density at radius 2 is 0.568 bits per heavy atom.